The first kappa shape index (κ1) is 17.3. The number of hydrogen-bond donors (Lipinski definition) is 1. The van der Waals surface area contributed by atoms with Crippen LogP contribution in [0.4, 0.5) is 5.69 Å². The molecule has 5 heteroatoms. The Bertz CT molecular complexity index is 563. The standard InChI is InChI=1S/C14H15N3OS.C2H6/c1-9-8-16-14(19-2)12(9)13(18)17-11-6-4-3-5-10(11)7-15;1-2/h3-6,9,12H,8H2,1-2H3,(H,17,18);1-2H3. The van der Waals surface area contributed by atoms with Crippen molar-refractivity contribution in [2.45, 2.75) is 20.8 Å². The molecule has 112 valence electrons. The van der Waals surface area contributed by atoms with Crippen molar-refractivity contribution in [1.29, 1.82) is 5.26 Å². The van der Waals surface area contributed by atoms with E-state index in [-0.39, 0.29) is 17.7 Å². The van der Waals surface area contributed by atoms with Crippen LogP contribution in [0.3, 0.4) is 0 Å². The van der Waals surface area contributed by atoms with E-state index in [1.165, 1.54) is 11.8 Å². The van der Waals surface area contributed by atoms with Crippen molar-refractivity contribution in [2.24, 2.45) is 16.8 Å². The van der Waals surface area contributed by atoms with Crippen molar-refractivity contribution < 1.29 is 4.79 Å². The number of aliphatic imine (C=N–C) groups is 1. The summed E-state index contributed by atoms with van der Waals surface area (Å²) in [6.45, 7) is 6.71. The molecule has 1 N–H and O–H groups in total. The summed E-state index contributed by atoms with van der Waals surface area (Å²) in [7, 11) is 0. The molecule has 1 amide bonds. The van der Waals surface area contributed by atoms with Crippen LogP contribution in [0.2, 0.25) is 0 Å². The van der Waals surface area contributed by atoms with Gasteiger partial charge in [-0.3, -0.25) is 9.79 Å². The summed E-state index contributed by atoms with van der Waals surface area (Å²) in [5.74, 6) is -0.0840. The van der Waals surface area contributed by atoms with Gasteiger partial charge in [0.2, 0.25) is 5.91 Å². The van der Waals surface area contributed by atoms with Gasteiger partial charge in [0.25, 0.3) is 0 Å². The number of nitrogens with one attached hydrogen (secondary N) is 1. The summed E-state index contributed by atoms with van der Waals surface area (Å²) in [5.41, 5.74) is 1.04. The minimum atomic E-state index is -0.207. The van der Waals surface area contributed by atoms with E-state index in [1.54, 1.807) is 24.3 Å². The van der Waals surface area contributed by atoms with Crippen LogP contribution in [-0.4, -0.2) is 23.8 Å². The number of rotatable bonds is 2. The second kappa shape index (κ2) is 8.48. The average Bonchev–Trinajstić information content (AvgIpc) is 2.90. The molecule has 1 aromatic carbocycles. The fourth-order valence-electron chi connectivity index (χ4n) is 2.14. The zero-order valence-electron chi connectivity index (χ0n) is 12.9. The zero-order valence-corrected chi connectivity index (χ0v) is 13.7. The molecule has 1 heterocycles. The molecule has 4 nitrogen and oxygen atoms in total. The van der Waals surface area contributed by atoms with Gasteiger partial charge < -0.3 is 5.32 Å². The number of amides is 1. The van der Waals surface area contributed by atoms with Gasteiger partial charge in [0.15, 0.2) is 0 Å². The highest BCUT2D eigenvalue weighted by Gasteiger charge is 2.34. The molecule has 0 saturated carbocycles. The number of thioether (sulfide) groups is 1. The number of anilines is 1. The average molecular weight is 303 g/mol. The molecule has 2 atom stereocenters. The summed E-state index contributed by atoms with van der Waals surface area (Å²) < 4.78 is 0. The van der Waals surface area contributed by atoms with E-state index < -0.39 is 0 Å². The van der Waals surface area contributed by atoms with Crippen molar-refractivity contribution in [3.05, 3.63) is 29.8 Å². The summed E-state index contributed by atoms with van der Waals surface area (Å²) in [5, 5.41) is 12.7. The maximum atomic E-state index is 12.3. The predicted molar refractivity (Wildman–Crippen MR) is 89.6 cm³/mol. The maximum absolute atomic E-state index is 12.3. The number of nitriles is 1. The van der Waals surface area contributed by atoms with Crippen LogP contribution in [0.25, 0.3) is 0 Å². The summed E-state index contributed by atoms with van der Waals surface area (Å²) in [6.07, 6.45) is 1.93. The van der Waals surface area contributed by atoms with Crippen LogP contribution < -0.4 is 5.32 Å². The predicted octanol–water partition coefficient (Wildman–Crippen LogP) is 3.55. The third kappa shape index (κ3) is 4.08. The van der Waals surface area contributed by atoms with Gasteiger partial charge in [-0.05, 0) is 24.3 Å². The van der Waals surface area contributed by atoms with Crippen molar-refractivity contribution in [1.82, 2.24) is 0 Å². The smallest absolute Gasteiger partial charge is 0.234 e. The van der Waals surface area contributed by atoms with E-state index in [1.807, 2.05) is 27.0 Å². The van der Waals surface area contributed by atoms with E-state index in [2.05, 4.69) is 16.4 Å². The minimum Gasteiger partial charge on any atom is -0.324 e. The lowest BCUT2D eigenvalue weighted by atomic mass is 9.96. The Morgan fingerprint density at radius 3 is 2.71 bits per heavy atom. The molecule has 2 rings (SSSR count). The van der Waals surface area contributed by atoms with Crippen molar-refractivity contribution in [3.8, 4) is 6.07 Å². The normalized spacial score (nSPS) is 19.9. The van der Waals surface area contributed by atoms with Gasteiger partial charge in [-0.25, -0.2) is 0 Å². The molecule has 2 unspecified atom stereocenters. The maximum Gasteiger partial charge on any atom is 0.234 e. The number of para-hydroxylation sites is 1. The molecule has 0 aliphatic carbocycles. The van der Waals surface area contributed by atoms with Crippen molar-refractivity contribution in [2.75, 3.05) is 18.1 Å². The quantitative estimate of drug-likeness (QED) is 0.908. The topological polar surface area (TPSA) is 65.2 Å². The van der Waals surface area contributed by atoms with Gasteiger partial charge in [-0.15, -0.1) is 11.8 Å². The monoisotopic (exact) mass is 303 g/mol. The van der Waals surface area contributed by atoms with E-state index in [4.69, 9.17) is 5.26 Å². The van der Waals surface area contributed by atoms with E-state index in [0.29, 0.717) is 17.8 Å². The molecule has 0 bridgehead atoms. The number of benzene rings is 1. The largest absolute Gasteiger partial charge is 0.324 e. The first-order valence-electron chi connectivity index (χ1n) is 7.05. The molecule has 1 aromatic rings. The Labute approximate surface area is 130 Å². The van der Waals surface area contributed by atoms with Gasteiger partial charge in [-0.1, -0.05) is 32.9 Å². The SMILES string of the molecule is CC.CSC1=NCC(C)C1C(=O)Nc1ccccc1C#N. The fourth-order valence-corrected chi connectivity index (χ4v) is 2.94. The van der Waals surface area contributed by atoms with Crippen molar-refractivity contribution in [3.63, 3.8) is 0 Å². The Hall–Kier alpha value is -1.80. The minimum absolute atomic E-state index is 0.0826. The molecule has 0 fully saturated rings. The molecule has 1 aliphatic heterocycles. The van der Waals surface area contributed by atoms with Crippen molar-refractivity contribution >= 4 is 28.4 Å². The van der Waals surface area contributed by atoms with Crippen LogP contribution in [-0.2, 0) is 4.79 Å². The van der Waals surface area contributed by atoms with Gasteiger partial charge >= 0.3 is 0 Å². The Balaban J connectivity index is 0.00000106. The van der Waals surface area contributed by atoms with Gasteiger partial charge in [0.1, 0.15) is 6.07 Å². The highest BCUT2D eigenvalue weighted by molar-refractivity contribution is 8.13. The van der Waals surface area contributed by atoms with Crippen LogP contribution in [0.5, 0.6) is 0 Å². The number of carbonyl (C=O) groups excluding carboxylic acids is 1. The number of nitrogens with zero attached hydrogens (tertiary/aromatic N) is 2. The Morgan fingerprint density at radius 1 is 1.43 bits per heavy atom. The van der Waals surface area contributed by atoms with Gasteiger partial charge in [0.05, 0.1) is 22.2 Å². The molecular formula is C16H21N3OS. The molecule has 0 spiro atoms. The van der Waals surface area contributed by atoms with E-state index >= 15 is 0 Å². The summed E-state index contributed by atoms with van der Waals surface area (Å²) in [4.78, 5) is 16.7. The van der Waals surface area contributed by atoms with E-state index in [9.17, 15) is 4.79 Å². The summed E-state index contributed by atoms with van der Waals surface area (Å²) >= 11 is 1.52. The van der Waals surface area contributed by atoms with Crippen LogP contribution in [0, 0.1) is 23.2 Å². The number of hydrogen-bond acceptors (Lipinski definition) is 4. The first-order valence-corrected chi connectivity index (χ1v) is 8.28. The molecular weight excluding hydrogens is 282 g/mol. The fraction of sp³-hybridized carbons (Fsp3) is 0.438. The summed E-state index contributed by atoms with van der Waals surface area (Å²) in [6, 6.07) is 9.09. The molecule has 0 radical (unpaired) electrons. The van der Waals surface area contributed by atoms with Crippen LogP contribution in [0.1, 0.15) is 26.3 Å². The highest BCUT2D eigenvalue weighted by atomic mass is 32.2. The number of carbonyl (C=O) groups is 1. The highest BCUT2D eigenvalue weighted by Crippen LogP contribution is 2.28. The second-order valence-corrected chi connectivity index (χ2v) is 5.31. The van der Waals surface area contributed by atoms with E-state index in [0.717, 1.165) is 5.04 Å². The zero-order chi connectivity index (χ0) is 15.8. The lowest BCUT2D eigenvalue weighted by molar-refractivity contribution is -0.118. The Kier molecular flexibility index (Phi) is 6.97. The molecule has 0 aromatic heterocycles. The van der Waals surface area contributed by atoms with Gasteiger partial charge in [-0.2, -0.15) is 5.26 Å². The Morgan fingerprint density at radius 2 is 2.10 bits per heavy atom. The lowest BCUT2D eigenvalue weighted by Gasteiger charge is -2.17. The molecule has 21 heavy (non-hydrogen) atoms. The third-order valence-electron chi connectivity index (χ3n) is 3.17. The molecule has 1 aliphatic rings. The van der Waals surface area contributed by atoms with Crippen LogP contribution >= 0.6 is 11.8 Å². The van der Waals surface area contributed by atoms with Crippen LogP contribution in [0.15, 0.2) is 29.3 Å². The second-order valence-electron chi connectivity index (χ2n) is 4.48. The lowest BCUT2D eigenvalue weighted by Crippen LogP contribution is -2.30. The molecule has 0 saturated heterocycles. The third-order valence-corrected chi connectivity index (χ3v) is 3.97. The first-order chi connectivity index (χ1) is 10.2. The van der Waals surface area contributed by atoms with Gasteiger partial charge in [0, 0.05) is 6.54 Å².